The third kappa shape index (κ3) is 4.48. The Morgan fingerprint density at radius 1 is 1.42 bits per heavy atom. The molecule has 12 heavy (non-hydrogen) atoms. The van der Waals surface area contributed by atoms with Gasteiger partial charge in [-0.3, -0.25) is 4.57 Å². The Labute approximate surface area is 77.6 Å². The van der Waals surface area contributed by atoms with Gasteiger partial charge in [-0.25, -0.2) is 0 Å². The van der Waals surface area contributed by atoms with Crippen LogP contribution in [0.25, 0.3) is 0 Å². The van der Waals surface area contributed by atoms with Gasteiger partial charge in [0.25, 0.3) is 0 Å². The molecule has 3 unspecified atom stereocenters. The van der Waals surface area contributed by atoms with E-state index in [1.807, 2.05) is 0 Å². The van der Waals surface area contributed by atoms with Gasteiger partial charge >= 0.3 is 7.60 Å². The Morgan fingerprint density at radius 3 is 1.92 bits per heavy atom. The van der Waals surface area contributed by atoms with Gasteiger partial charge in [-0.05, 0) is 18.6 Å². The minimum absolute atomic E-state index is 0.128. The van der Waals surface area contributed by atoms with Gasteiger partial charge in [-0.2, -0.15) is 12.6 Å². The van der Waals surface area contributed by atoms with Crippen molar-refractivity contribution >= 4 is 20.2 Å². The maximum Gasteiger partial charge on any atom is 0.331 e. The highest BCUT2D eigenvalue weighted by Gasteiger charge is 2.33. The van der Waals surface area contributed by atoms with Crippen LogP contribution in [-0.2, 0) is 4.57 Å². The molecule has 0 fully saturated rings. The first-order chi connectivity index (χ1) is 5.25. The van der Waals surface area contributed by atoms with Crippen molar-refractivity contribution in [3.8, 4) is 0 Å². The third-order valence-corrected chi connectivity index (χ3v) is 3.29. The van der Waals surface area contributed by atoms with E-state index in [9.17, 15) is 4.57 Å². The summed E-state index contributed by atoms with van der Waals surface area (Å²) in [4.78, 5) is 17.6. The topological polar surface area (TPSA) is 77.8 Å². The average molecular weight is 214 g/mol. The summed E-state index contributed by atoms with van der Waals surface area (Å²) in [5, 5.41) is 8.94. The van der Waals surface area contributed by atoms with E-state index in [1.165, 1.54) is 6.92 Å². The number of hydrogen-bond donors (Lipinski definition) is 4. The summed E-state index contributed by atoms with van der Waals surface area (Å²) in [7, 11) is -4.18. The van der Waals surface area contributed by atoms with E-state index in [0.29, 0.717) is 0 Å². The first-order valence-corrected chi connectivity index (χ1v) is 5.86. The van der Waals surface area contributed by atoms with Crippen LogP contribution < -0.4 is 0 Å². The van der Waals surface area contributed by atoms with Crippen LogP contribution in [0.5, 0.6) is 0 Å². The van der Waals surface area contributed by atoms with Gasteiger partial charge < -0.3 is 14.9 Å². The quantitative estimate of drug-likeness (QED) is 0.408. The van der Waals surface area contributed by atoms with Crippen LogP contribution >= 0.6 is 20.2 Å². The molecule has 4 nitrogen and oxygen atoms in total. The number of hydrogen-bond acceptors (Lipinski definition) is 3. The first-order valence-electron chi connectivity index (χ1n) is 3.66. The van der Waals surface area contributed by atoms with E-state index < -0.39 is 19.4 Å². The summed E-state index contributed by atoms with van der Waals surface area (Å²) in [5.41, 5.74) is -0.995. The number of aliphatic hydroxyl groups is 1. The van der Waals surface area contributed by atoms with Crippen molar-refractivity contribution in [2.75, 3.05) is 0 Å². The molecule has 3 N–H and O–H groups in total. The molecule has 0 saturated carbocycles. The molecule has 0 heterocycles. The normalized spacial score (nSPS) is 20.2. The molecule has 0 rings (SSSR count). The highest BCUT2D eigenvalue weighted by Crippen LogP contribution is 2.45. The molecule has 0 aromatic carbocycles. The lowest BCUT2D eigenvalue weighted by Crippen LogP contribution is -2.25. The molecule has 0 aliphatic carbocycles. The van der Waals surface area contributed by atoms with Crippen molar-refractivity contribution in [1.82, 2.24) is 0 Å². The van der Waals surface area contributed by atoms with E-state index in [0.717, 1.165) is 0 Å². The molecule has 6 heteroatoms. The molecule has 0 aliphatic rings. The van der Waals surface area contributed by atoms with E-state index >= 15 is 0 Å². The second-order valence-electron chi connectivity index (χ2n) is 2.98. The highest BCUT2D eigenvalue weighted by atomic mass is 32.1. The molecule has 0 aromatic heterocycles. The van der Waals surface area contributed by atoms with Crippen LogP contribution in [-0.4, -0.2) is 31.9 Å². The summed E-state index contributed by atoms with van der Waals surface area (Å²) in [6.07, 6.45) is -0.786. The Morgan fingerprint density at radius 2 is 1.83 bits per heavy atom. The Balaban J connectivity index is 4.36. The fourth-order valence-electron chi connectivity index (χ4n) is 0.965. The molecule has 0 amide bonds. The minimum Gasteiger partial charge on any atom is -0.392 e. The van der Waals surface area contributed by atoms with Gasteiger partial charge in [0.2, 0.25) is 0 Å². The molecule has 0 radical (unpaired) electrons. The summed E-state index contributed by atoms with van der Waals surface area (Å²) in [6, 6.07) is 0. The summed E-state index contributed by atoms with van der Waals surface area (Å²) >= 11 is 4.01. The van der Waals surface area contributed by atoms with Gasteiger partial charge in [-0.15, -0.1) is 0 Å². The second kappa shape index (κ2) is 4.63. The predicted octanol–water partition coefficient (Wildman–Crippen LogP) is 0.622. The number of aliphatic hydroxyl groups excluding tert-OH is 1. The van der Waals surface area contributed by atoms with E-state index in [4.69, 9.17) is 14.9 Å². The van der Waals surface area contributed by atoms with Crippen LogP contribution in [0.3, 0.4) is 0 Å². The monoisotopic (exact) mass is 214 g/mol. The average Bonchev–Trinajstić information content (AvgIpc) is 1.79. The summed E-state index contributed by atoms with van der Waals surface area (Å²) in [5.74, 6) is 0. The van der Waals surface area contributed by atoms with Crippen LogP contribution in [0.2, 0.25) is 0 Å². The molecular formula is C6H15O4PS. The van der Waals surface area contributed by atoms with Crippen LogP contribution in [0, 0.1) is 0 Å². The minimum atomic E-state index is -4.18. The molecule has 0 aliphatic heterocycles. The zero-order valence-corrected chi connectivity index (χ0v) is 8.87. The zero-order chi connectivity index (χ0) is 9.94. The second-order valence-corrected chi connectivity index (χ2v) is 5.70. The summed E-state index contributed by atoms with van der Waals surface area (Å²) in [6.45, 7) is 3.11. The van der Waals surface area contributed by atoms with Crippen molar-refractivity contribution in [2.45, 2.75) is 37.3 Å². The molecular weight excluding hydrogens is 199 g/mol. The van der Waals surface area contributed by atoms with Crippen molar-refractivity contribution in [2.24, 2.45) is 0 Å². The van der Waals surface area contributed by atoms with Crippen molar-refractivity contribution in [1.29, 1.82) is 0 Å². The number of thiol groups is 1. The van der Waals surface area contributed by atoms with Gasteiger partial charge in [0.05, 0.1) is 11.8 Å². The van der Waals surface area contributed by atoms with E-state index in [2.05, 4.69) is 12.6 Å². The fourth-order valence-corrected chi connectivity index (χ4v) is 2.51. The van der Waals surface area contributed by atoms with Gasteiger partial charge in [0.15, 0.2) is 0 Å². The van der Waals surface area contributed by atoms with Crippen LogP contribution in [0.1, 0.15) is 20.3 Å². The maximum atomic E-state index is 10.8. The van der Waals surface area contributed by atoms with Crippen molar-refractivity contribution in [3.05, 3.63) is 0 Å². The molecule has 0 saturated heterocycles. The molecule has 0 bridgehead atoms. The standard InChI is InChI=1S/C6H15O4PS/c1-4(12)3-6(5(2)7)11(8,9)10/h4-7,12H,3H2,1-2H3,(H2,8,9,10). The van der Waals surface area contributed by atoms with Crippen molar-refractivity contribution in [3.63, 3.8) is 0 Å². The van der Waals surface area contributed by atoms with E-state index in [1.54, 1.807) is 6.92 Å². The van der Waals surface area contributed by atoms with Crippen LogP contribution in [0.4, 0.5) is 0 Å². The summed E-state index contributed by atoms with van der Waals surface area (Å²) < 4.78 is 10.8. The SMILES string of the molecule is CC(S)CC(C(C)O)P(=O)(O)O. The smallest absolute Gasteiger partial charge is 0.331 e. The molecule has 0 spiro atoms. The van der Waals surface area contributed by atoms with E-state index in [-0.39, 0.29) is 11.7 Å². The largest absolute Gasteiger partial charge is 0.392 e. The zero-order valence-electron chi connectivity index (χ0n) is 7.08. The fraction of sp³-hybridized carbons (Fsp3) is 1.00. The third-order valence-electron chi connectivity index (χ3n) is 1.57. The van der Waals surface area contributed by atoms with Gasteiger partial charge in [-0.1, -0.05) is 6.92 Å². The maximum absolute atomic E-state index is 10.8. The molecule has 74 valence electrons. The number of rotatable bonds is 4. The molecule has 0 aromatic rings. The Hall–Kier alpha value is 0.460. The Bertz CT molecular complexity index is 176. The van der Waals surface area contributed by atoms with Gasteiger partial charge in [0.1, 0.15) is 0 Å². The molecule has 3 atom stereocenters. The van der Waals surface area contributed by atoms with Crippen LogP contribution in [0.15, 0.2) is 0 Å². The predicted molar refractivity (Wildman–Crippen MR) is 50.6 cm³/mol. The first kappa shape index (κ1) is 12.5. The lowest BCUT2D eigenvalue weighted by atomic mass is 10.2. The lowest BCUT2D eigenvalue weighted by molar-refractivity contribution is 0.171. The van der Waals surface area contributed by atoms with Crippen molar-refractivity contribution < 1.29 is 19.5 Å². The lowest BCUT2D eigenvalue weighted by Gasteiger charge is -2.22. The van der Waals surface area contributed by atoms with Gasteiger partial charge in [0, 0.05) is 0 Å². The highest BCUT2D eigenvalue weighted by molar-refractivity contribution is 7.80. The Kier molecular flexibility index (Phi) is 4.81.